The number of anilines is 1. The summed E-state index contributed by atoms with van der Waals surface area (Å²) < 4.78 is 41.3. The Morgan fingerprint density at radius 1 is 1.11 bits per heavy atom. The smallest absolute Gasteiger partial charge is 0.243 e. The van der Waals surface area contributed by atoms with Crippen LogP contribution in [0.1, 0.15) is 5.56 Å². The summed E-state index contributed by atoms with van der Waals surface area (Å²) >= 11 is 3.18. The zero-order valence-electron chi connectivity index (χ0n) is 15.4. The number of benzene rings is 2. The normalized spacial score (nSPS) is 15.5. The maximum absolute atomic E-state index is 13.8. The number of hydrogen-bond acceptors (Lipinski definition) is 4. The number of hydrogen-bond donors (Lipinski definition) is 1. The molecule has 1 saturated heterocycles. The molecule has 1 N–H and O–H groups in total. The summed E-state index contributed by atoms with van der Waals surface area (Å²) in [4.78, 5) is 14.2. The van der Waals surface area contributed by atoms with Gasteiger partial charge in [0, 0.05) is 30.7 Å². The van der Waals surface area contributed by atoms with Crippen molar-refractivity contribution in [2.45, 2.75) is 11.8 Å². The number of sulfonamides is 1. The maximum atomic E-state index is 13.8. The zero-order valence-corrected chi connectivity index (χ0v) is 17.8. The molecule has 1 fully saturated rings. The predicted molar refractivity (Wildman–Crippen MR) is 109 cm³/mol. The fourth-order valence-corrected chi connectivity index (χ4v) is 4.71. The lowest BCUT2D eigenvalue weighted by atomic mass is 10.2. The molecule has 2 aromatic carbocycles. The van der Waals surface area contributed by atoms with E-state index in [9.17, 15) is 17.6 Å². The van der Waals surface area contributed by atoms with E-state index in [1.165, 1.54) is 10.4 Å². The zero-order chi connectivity index (χ0) is 20.3. The van der Waals surface area contributed by atoms with Crippen molar-refractivity contribution in [3.8, 4) is 0 Å². The molecular formula is C19H21BrFN3O3S. The second kappa shape index (κ2) is 8.59. The fourth-order valence-electron chi connectivity index (χ4n) is 2.95. The van der Waals surface area contributed by atoms with E-state index in [1.54, 1.807) is 41.3 Å². The number of aryl methyl sites for hydroxylation is 1. The first-order valence-electron chi connectivity index (χ1n) is 8.81. The van der Waals surface area contributed by atoms with Gasteiger partial charge in [0.25, 0.3) is 0 Å². The Morgan fingerprint density at radius 3 is 2.36 bits per heavy atom. The van der Waals surface area contributed by atoms with Gasteiger partial charge < -0.3 is 10.2 Å². The monoisotopic (exact) mass is 469 g/mol. The number of carbonyl (C=O) groups is 1. The van der Waals surface area contributed by atoms with E-state index in [4.69, 9.17) is 0 Å². The van der Waals surface area contributed by atoms with Gasteiger partial charge in [-0.25, -0.2) is 12.8 Å². The Hall–Kier alpha value is -1.97. The van der Waals surface area contributed by atoms with Gasteiger partial charge in [-0.2, -0.15) is 4.31 Å². The van der Waals surface area contributed by atoms with E-state index in [0.29, 0.717) is 17.6 Å². The Bertz CT molecular complexity index is 959. The number of nitrogens with zero attached hydrogens (tertiary/aromatic N) is 2. The molecule has 0 spiro atoms. The first-order chi connectivity index (χ1) is 13.3. The summed E-state index contributed by atoms with van der Waals surface area (Å²) in [6.07, 6.45) is 0. The third kappa shape index (κ3) is 4.71. The maximum Gasteiger partial charge on any atom is 0.243 e. The minimum atomic E-state index is -3.57. The highest BCUT2D eigenvalue weighted by molar-refractivity contribution is 9.10. The van der Waals surface area contributed by atoms with Gasteiger partial charge in [0.2, 0.25) is 15.9 Å². The van der Waals surface area contributed by atoms with Crippen molar-refractivity contribution in [3.63, 3.8) is 0 Å². The number of rotatable bonds is 5. The molecule has 1 aliphatic heterocycles. The summed E-state index contributed by atoms with van der Waals surface area (Å²) in [7, 11) is -3.57. The molecule has 9 heteroatoms. The van der Waals surface area contributed by atoms with Crippen molar-refractivity contribution in [1.82, 2.24) is 9.21 Å². The Labute approximate surface area is 172 Å². The number of piperazine rings is 1. The quantitative estimate of drug-likeness (QED) is 0.730. The van der Waals surface area contributed by atoms with E-state index in [1.807, 2.05) is 6.92 Å². The molecule has 150 valence electrons. The highest BCUT2D eigenvalue weighted by Gasteiger charge is 2.29. The molecule has 0 bridgehead atoms. The van der Waals surface area contributed by atoms with Crippen LogP contribution in [0.3, 0.4) is 0 Å². The van der Waals surface area contributed by atoms with Gasteiger partial charge in [0.15, 0.2) is 0 Å². The molecule has 0 radical (unpaired) electrons. The van der Waals surface area contributed by atoms with Gasteiger partial charge in [-0.05, 0) is 37.3 Å². The predicted octanol–water partition coefficient (Wildman–Crippen LogP) is 2.84. The van der Waals surface area contributed by atoms with Crippen LogP contribution in [-0.2, 0) is 14.8 Å². The van der Waals surface area contributed by atoms with Crippen LogP contribution in [0, 0.1) is 12.7 Å². The van der Waals surface area contributed by atoms with Gasteiger partial charge in [-0.3, -0.25) is 4.79 Å². The largest absolute Gasteiger partial charge is 0.374 e. The van der Waals surface area contributed by atoms with E-state index in [0.717, 1.165) is 5.56 Å². The molecule has 2 aromatic rings. The van der Waals surface area contributed by atoms with Crippen LogP contribution in [0.15, 0.2) is 51.8 Å². The average molecular weight is 470 g/mol. The highest BCUT2D eigenvalue weighted by atomic mass is 79.9. The molecule has 28 heavy (non-hydrogen) atoms. The second-order valence-corrected chi connectivity index (χ2v) is 9.43. The van der Waals surface area contributed by atoms with Crippen molar-refractivity contribution >= 4 is 37.5 Å². The fraction of sp³-hybridized carbons (Fsp3) is 0.316. The first kappa shape index (κ1) is 20.8. The highest BCUT2D eigenvalue weighted by Crippen LogP contribution is 2.20. The minimum absolute atomic E-state index is 0.0523. The molecule has 3 rings (SSSR count). The number of carbonyl (C=O) groups excluding carboxylic acids is 1. The van der Waals surface area contributed by atoms with E-state index >= 15 is 0 Å². The van der Waals surface area contributed by atoms with Crippen LogP contribution in [0.2, 0.25) is 0 Å². The summed E-state index contributed by atoms with van der Waals surface area (Å²) in [5.41, 5.74) is 1.24. The van der Waals surface area contributed by atoms with Crippen LogP contribution in [0.4, 0.5) is 10.1 Å². The van der Waals surface area contributed by atoms with Crippen LogP contribution < -0.4 is 5.32 Å². The van der Waals surface area contributed by atoms with Gasteiger partial charge >= 0.3 is 0 Å². The topological polar surface area (TPSA) is 69.7 Å². The van der Waals surface area contributed by atoms with E-state index in [2.05, 4.69) is 21.2 Å². The minimum Gasteiger partial charge on any atom is -0.374 e. The van der Waals surface area contributed by atoms with Crippen molar-refractivity contribution < 1.29 is 17.6 Å². The van der Waals surface area contributed by atoms with Crippen LogP contribution in [0.25, 0.3) is 0 Å². The Kier molecular flexibility index (Phi) is 6.36. The lowest BCUT2D eigenvalue weighted by molar-refractivity contribution is -0.130. The number of halogens is 2. The first-order valence-corrected chi connectivity index (χ1v) is 11.0. The molecule has 0 atom stereocenters. The van der Waals surface area contributed by atoms with Crippen LogP contribution in [-0.4, -0.2) is 56.3 Å². The van der Waals surface area contributed by atoms with Crippen molar-refractivity contribution in [3.05, 3.63) is 58.3 Å². The van der Waals surface area contributed by atoms with Crippen molar-refractivity contribution in [2.75, 3.05) is 38.0 Å². The van der Waals surface area contributed by atoms with Gasteiger partial charge in [-0.1, -0.05) is 33.6 Å². The molecule has 6 nitrogen and oxygen atoms in total. The lowest BCUT2D eigenvalue weighted by Gasteiger charge is -2.34. The number of nitrogens with one attached hydrogen (secondary N) is 1. The summed E-state index contributed by atoms with van der Waals surface area (Å²) in [5.74, 6) is -0.647. The second-order valence-electron chi connectivity index (χ2n) is 6.58. The van der Waals surface area contributed by atoms with Gasteiger partial charge in [0.05, 0.1) is 17.1 Å². The van der Waals surface area contributed by atoms with E-state index in [-0.39, 0.29) is 36.1 Å². The SMILES string of the molecule is Cc1ccc(S(=O)(=O)N2CCN(C(=O)CNc3ccc(Br)cc3F)CC2)cc1. The van der Waals surface area contributed by atoms with E-state index < -0.39 is 15.8 Å². The third-order valence-electron chi connectivity index (χ3n) is 4.61. The van der Waals surface area contributed by atoms with Gasteiger partial charge in [-0.15, -0.1) is 0 Å². The Morgan fingerprint density at radius 2 is 1.75 bits per heavy atom. The van der Waals surface area contributed by atoms with Crippen molar-refractivity contribution in [2.24, 2.45) is 0 Å². The van der Waals surface area contributed by atoms with Crippen LogP contribution in [0.5, 0.6) is 0 Å². The Balaban J connectivity index is 1.55. The summed E-state index contributed by atoms with van der Waals surface area (Å²) in [6.45, 7) is 2.91. The van der Waals surface area contributed by atoms with Crippen LogP contribution >= 0.6 is 15.9 Å². The molecule has 1 amide bonds. The molecule has 0 aromatic heterocycles. The summed E-state index contributed by atoms with van der Waals surface area (Å²) in [6, 6.07) is 11.3. The van der Waals surface area contributed by atoms with Gasteiger partial charge in [0.1, 0.15) is 5.82 Å². The number of amides is 1. The molecular weight excluding hydrogens is 449 g/mol. The molecule has 1 heterocycles. The lowest BCUT2D eigenvalue weighted by Crippen LogP contribution is -2.51. The third-order valence-corrected chi connectivity index (χ3v) is 7.02. The summed E-state index contributed by atoms with van der Waals surface area (Å²) in [5, 5.41) is 2.79. The standard InChI is InChI=1S/C19H21BrFN3O3S/c1-14-2-5-16(6-3-14)28(26,27)24-10-8-23(9-11-24)19(25)13-22-18-7-4-15(20)12-17(18)21/h2-7,12,22H,8-11,13H2,1H3. The molecule has 0 unspecified atom stereocenters. The molecule has 1 aliphatic rings. The average Bonchev–Trinajstić information content (AvgIpc) is 2.67. The molecule has 0 saturated carbocycles. The molecule has 0 aliphatic carbocycles. The van der Waals surface area contributed by atoms with Crippen molar-refractivity contribution in [1.29, 1.82) is 0 Å².